The monoisotopic (exact) mass is 249 g/mol. The molecule has 1 saturated heterocycles. The summed E-state index contributed by atoms with van der Waals surface area (Å²) in [6, 6.07) is 19.7. The Labute approximate surface area is 113 Å². The van der Waals surface area contributed by atoms with Crippen molar-refractivity contribution in [1.82, 2.24) is 0 Å². The van der Waals surface area contributed by atoms with Crippen LogP contribution in [0.15, 0.2) is 72.9 Å². The van der Waals surface area contributed by atoms with Crippen LogP contribution in [-0.4, -0.2) is 5.91 Å². The van der Waals surface area contributed by atoms with Gasteiger partial charge in [-0.3, -0.25) is 9.69 Å². The first-order valence-electron chi connectivity index (χ1n) is 6.39. The Hall–Kier alpha value is -2.35. The van der Waals surface area contributed by atoms with Gasteiger partial charge in [0.25, 0.3) is 0 Å². The third kappa shape index (κ3) is 2.06. The van der Waals surface area contributed by atoms with Gasteiger partial charge in [0.05, 0.1) is 5.92 Å². The molecule has 0 radical (unpaired) electrons. The number of nitrogens with zero attached hydrogens (tertiary/aromatic N) is 1. The van der Waals surface area contributed by atoms with E-state index in [2.05, 4.69) is 6.58 Å². The van der Waals surface area contributed by atoms with Crippen molar-refractivity contribution in [3.8, 4) is 0 Å². The topological polar surface area (TPSA) is 20.3 Å². The van der Waals surface area contributed by atoms with Gasteiger partial charge < -0.3 is 0 Å². The maximum Gasteiger partial charge on any atom is 0.240 e. The van der Waals surface area contributed by atoms with Crippen molar-refractivity contribution in [1.29, 1.82) is 0 Å². The average molecular weight is 249 g/mol. The number of rotatable bonds is 3. The summed E-state index contributed by atoms with van der Waals surface area (Å²) in [5, 5.41) is 0. The van der Waals surface area contributed by atoms with E-state index in [1.807, 2.05) is 60.7 Å². The fraction of sp³-hybridized carbons (Fsp3) is 0.118. The SMILES string of the molecule is C=C1C(Cc2ccccc2)C(=O)N1c1ccccc1. The van der Waals surface area contributed by atoms with Crippen molar-refractivity contribution >= 4 is 11.6 Å². The van der Waals surface area contributed by atoms with E-state index in [1.54, 1.807) is 4.90 Å². The zero-order valence-electron chi connectivity index (χ0n) is 10.6. The molecule has 2 heteroatoms. The van der Waals surface area contributed by atoms with E-state index in [-0.39, 0.29) is 11.8 Å². The minimum atomic E-state index is -0.0809. The second kappa shape index (κ2) is 4.73. The molecule has 0 saturated carbocycles. The third-order valence-corrected chi connectivity index (χ3v) is 3.50. The molecule has 94 valence electrons. The molecular formula is C17H15NO. The lowest BCUT2D eigenvalue weighted by atomic mass is 9.87. The van der Waals surface area contributed by atoms with Gasteiger partial charge >= 0.3 is 0 Å². The quantitative estimate of drug-likeness (QED) is 0.763. The normalized spacial score (nSPS) is 18.3. The van der Waals surface area contributed by atoms with Gasteiger partial charge in [0.15, 0.2) is 0 Å². The smallest absolute Gasteiger partial charge is 0.240 e. The van der Waals surface area contributed by atoms with Crippen molar-refractivity contribution in [2.45, 2.75) is 6.42 Å². The van der Waals surface area contributed by atoms with E-state index in [0.29, 0.717) is 0 Å². The fourth-order valence-electron chi connectivity index (χ4n) is 2.45. The maximum atomic E-state index is 12.2. The highest BCUT2D eigenvalue weighted by Gasteiger charge is 2.41. The van der Waals surface area contributed by atoms with Gasteiger partial charge in [-0.05, 0) is 24.1 Å². The number of hydrogen-bond acceptors (Lipinski definition) is 1. The van der Waals surface area contributed by atoms with E-state index in [0.717, 1.165) is 17.8 Å². The first kappa shape index (κ1) is 11.7. The summed E-state index contributed by atoms with van der Waals surface area (Å²) in [4.78, 5) is 13.9. The number of carbonyl (C=O) groups excluding carboxylic acids is 1. The minimum Gasteiger partial charge on any atom is -0.284 e. The Morgan fingerprint density at radius 2 is 1.53 bits per heavy atom. The van der Waals surface area contributed by atoms with Crippen molar-refractivity contribution in [3.05, 3.63) is 78.5 Å². The molecule has 0 bridgehead atoms. The molecule has 1 amide bonds. The lowest BCUT2D eigenvalue weighted by molar-refractivity contribution is -0.124. The third-order valence-electron chi connectivity index (χ3n) is 3.50. The Balaban J connectivity index is 1.75. The largest absolute Gasteiger partial charge is 0.284 e. The van der Waals surface area contributed by atoms with Crippen molar-refractivity contribution in [3.63, 3.8) is 0 Å². The molecule has 1 aliphatic heterocycles. The molecule has 1 heterocycles. The van der Waals surface area contributed by atoms with Crippen LogP contribution in [0, 0.1) is 5.92 Å². The van der Waals surface area contributed by atoms with E-state index in [4.69, 9.17) is 0 Å². The molecule has 3 rings (SSSR count). The Morgan fingerprint density at radius 1 is 0.947 bits per heavy atom. The number of hydrogen-bond donors (Lipinski definition) is 0. The van der Waals surface area contributed by atoms with E-state index in [9.17, 15) is 4.79 Å². The first-order chi connectivity index (χ1) is 9.27. The number of para-hydroxylation sites is 1. The number of carbonyl (C=O) groups is 1. The zero-order valence-corrected chi connectivity index (χ0v) is 10.6. The van der Waals surface area contributed by atoms with Gasteiger partial charge in [-0.15, -0.1) is 0 Å². The van der Waals surface area contributed by atoms with Crippen LogP contribution in [0.25, 0.3) is 0 Å². The van der Waals surface area contributed by atoms with Crippen LogP contribution in [0.1, 0.15) is 5.56 Å². The predicted octanol–water partition coefficient (Wildman–Crippen LogP) is 3.41. The van der Waals surface area contributed by atoms with E-state index < -0.39 is 0 Å². The molecule has 2 nitrogen and oxygen atoms in total. The standard InChI is InChI=1S/C17H15NO/c1-13-16(12-14-8-4-2-5-9-14)17(19)18(13)15-10-6-3-7-11-15/h2-11,16H,1,12H2. The summed E-state index contributed by atoms with van der Waals surface area (Å²) in [7, 11) is 0. The van der Waals surface area contributed by atoms with Crippen molar-refractivity contribution < 1.29 is 4.79 Å². The minimum absolute atomic E-state index is 0.0809. The molecule has 1 unspecified atom stereocenters. The number of amides is 1. The summed E-state index contributed by atoms with van der Waals surface area (Å²) in [5.74, 6) is 0.0580. The van der Waals surface area contributed by atoms with Gasteiger partial charge in [-0.25, -0.2) is 0 Å². The van der Waals surface area contributed by atoms with Crippen LogP contribution in [0.3, 0.4) is 0 Å². The zero-order chi connectivity index (χ0) is 13.2. The molecule has 0 N–H and O–H groups in total. The van der Waals surface area contributed by atoms with Gasteiger partial charge in [-0.1, -0.05) is 55.1 Å². The maximum absolute atomic E-state index is 12.2. The van der Waals surface area contributed by atoms with Crippen molar-refractivity contribution in [2.75, 3.05) is 4.90 Å². The molecule has 1 aliphatic rings. The molecule has 2 aromatic carbocycles. The van der Waals surface area contributed by atoms with Gasteiger partial charge in [-0.2, -0.15) is 0 Å². The van der Waals surface area contributed by atoms with E-state index >= 15 is 0 Å². The van der Waals surface area contributed by atoms with Crippen LogP contribution in [0.4, 0.5) is 5.69 Å². The fourth-order valence-corrected chi connectivity index (χ4v) is 2.45. The number of benzene rings is 2. The van der Waals surface area contributed by atoms with Crippen LogP contribution in [0.2, 0.25) is 0 Å². The molecular weight excluding hydrogens is 234 g/mol. The molecule has 0 aromatic heterocycles. The van der Waals surface area contributed by atoms with Crippen LogP contribution in [0.5, 0.6) is 0 Å². The van der Waals surface area contributed by atoms with E-state index in [1.165, 1.54) is 5.56 Å². The highest BCUT2D eigenvalue weighted by Crippen LogP contribution is 2.36. The second-order valence-corrected chi connectivity index (χ2v) is 4.74. The molecule has 0 spiro atoms. The predicted molar refractivity (Wildman–Crippen MR) is 76.7 cm³/mol. The summed E-state index contributed by atoms with van der Waals surface area (Å²) < 4.78 is 0. The molecule has 0 aliphatic carbocycles. The van der Waals surface area contributed by atoms with Gasteiger partial charge in [0, 0.05) is 11.4 Å². The van der Waals surface area contributed by atoms with Crippen LogP contribution >= 0.6 is 0 Å². The highest BCUT2D eigenvalue weighted by atomic mass is 16.2. The summed E-state index contributed by atoms with van der Waals surface area (Å²) >= 11 is 0. The molecule has 19 heavy (non-hydrogen) atoms. The van der Waals surface area contributed by atoms with Gasteiger partial charge in [0.2, 0.25) is 5.91 Å². The highest BCUT2D eigenvalue weighted by molar-refractivity contribution is 6.07. The Kier molecular flexibility index (Phi) is 2.92. The van der Waals surface area contributed by atoms with Crippen molar-refractivity contribution in [2.24, 2.45) is 5.92 Å². The van der Waals surface area contributed by atoms with Crippen LogP contribution in [-0.2, 0) is 11.2 Å². The molecule has 2 aromatic rings. The molecule has 1 fully saturated rings. The Morgan fingerprint density at radius 3 is 2.11 bits per heavy atom. The lowest BCUT2D eigenvalue weighted by Gasteiger charge is -2.40. The Bertz CT molecular complexity index is 588. The summed E-state index contributed by atoms with van der Waals surface area (Å²) in [6.07, 6.45) is 0.738. The number of anilines is 1. The first-order valence-corrected chi connectivity index (χ1v) is 6.39. The lowest BCUT2D eigenvalue weighted by Crippen LogP contribution is -2.50. The number of β-lactam (4-membered cyclic amide) rings is 1. The average Bonchev–Trinajstić information content (AvgIpc) is 2.47. The van der Waals surface area contributed by atoms with Gasteiger partial charge in [0.1, 0.15) is 0 Å². The van der Waals surface area contributed by atoms with Crippen LogP contribution < -0.4 is 4.90 Å². The molecule has 1 atom stereocenters. The second-order valence-electron chi connectivity index (χ2n) is 4.74. The summed E-state index contributed by atoms with van der Waals surface area (Å²) in [5.41, 5.74) is 2.97. The summed E-state index contributed by atoms with van der Waals surface area (Å²) in [6.45, 7) is 4.05.